The standard InChI is InChI=1S/C10H10O3/c11-6-10(13)4-3-7-1-2-8(12)5-9(7)10/h1-2,5-6,12-13H,3-4H2. The summed E-state index contributed by atoms with van der Waals surface area (Å²) in [5.74, 6) is 0.0842. The van der Waals surface area contributed by atoms with Crippen LogP contribution in [0, 0.1) is 0 Å². The molecule has 0 spiro atoms. The Bertz CT molecular complexity index is 359. The molecule has 0 aromatic heterocycles. The summed E-state index contributed by atoms with van der Waals surface area (Å²) in [6, 6.07) is 4.76. The number of aliphatic hydroxyl groups is 1. The largest absolute Gasteiger partial charge is 0.508 e. The number of rotatable bonds is 1. The van der Waals surface area contributed by atoms with Gasteiger partial charge in [-0.3, -0.25) is 4.79 Å². The molecule has 0 heterocycles. The first-order chi connectivity index (χ1) is 6.15. The van der Waals surface area contributed by atoms with Gasteiger partial charge in [0.2, 0.25) is 0 Å². The zero-order chi connectivity index (χ0) is 9.47. The normalized spacial score (nSPS) is 25.6. The summed E-state index contributed by atoms with van der Waals surface area (Å²) >= 11 is 0. The minimum absolute atomic E-state index is 0.0842. The van der Waals surface area contributed by atoms with Gasteiger partial charge in [0, 0.05) is 0 Å². The van der Waals surface area contributed by atoms with E-state index in [9.17, 15) is 15.0 Å². The monoisotopic (exact) mass is 178 g/mol. The number of benzene rings is 1. The van der Waals surface area contributed by atoms with Crippen molar-refractivity contribution in [1.29, 1.82) is 0 Å². The molecule has 1 aliphatic carbocycles. The molecule has 1 atom stereocenters. The summed E-state index contributed by atoms with van der Waals surface area (Å²) < 4.78 is 0. The summed E-state index contributed by atoms with van der Waals surface area (Å²) in [6.07, 6.45) is 1.64. The van der Waals surface area contributed by atoms with E-state index in [1.165, 1.54) is 6.07 Å². The molecule has 0 saturated heterocycles. The molecule has 1 aromatic rings. The van der Waals surface area contributed by atoms with Crippen LogP contribution in [0.25, 0.3) is 0 Å². The zero-order valence-electron chi connectivity index (χ0n) is 7.03. The van der Waals surface area contributed by atoms with Gasteiger partial charge in [0.1, 0.15) is 11.4 Å². The molecule has 0 amide bonds. The van der Waals surface area contributed by atoms with E-state index in [4.69, 9.17) is 0 Å². The Hall–Kier alpha value is -1.35. The number of aryl methyl sites for hydroxylation is 1. The summed E-state index contributed by atoms with van der Waals surface area (Å²) in [6.45, 7) is 0. The minimum atomic E-state index is -1.38. The predicted octanol–water partition coefficient (Wildman–Crippen LogP) is 0.725. The summed E-state index contributed by atoms with van der Waals surface area (Å²) in [5, 5.41) is 19.0. The molecule has 1 aromatic carbocycles. The lowest BCUT2D eigenvalue weighted by Crippen LogP contribution is -2.23. The number of hydrogen-bond donors (Lipinski definition) is 2. The highest BCUT2D eigenvalue weighted by Crippen LogP contribution is 2.36. The Morgan fingerprint density at radius 2 is 2.23 bits per heavy atom. The van der Waals surface area contributed by atoms with Crippen LogP contribution in [0.3, 0.4) is 0 Å². The van der Waals surface area contributed by atoms with E-state index in [0.29, 0.717) is 24.7 Å². The molecule has 2 N–H and O–H groups in total. The van der Waals surface area contributed by atoms with Crippen molar-refractivity contribution in [3.63, 3.8) is 0 Å². The van der Waals surface area contributed by atoms with Gasteiger partial charge in [-0.25, -0.2) is 0 Å². The Labute approximate surface area is 75.6 Å². The number of phenolic OH excluding ortho intramolecular Hbond substituents is 1. The van der Waals surface area contributed by atoms with Crippen molar-refractivity contribution in [2.45, 2.75) is 18.4 Å². The first-order valence-corrected chi connectivity index (χ1v) is 4.17. The second-order valence-corrected chi connectivity index (χ2v) is 3.38. The molecule has 1 aliphatic rings. The summed E-state index contributed by atoms with van der Waals surface area (Å²) in [7, 11) is 0. The molecule has 13 heavy (non-hydrogen) atoms. The molecule has 2 rings (SSSR count). The van der Waals surface area contributed by atoms with E-state index in [2.05, 4.69) is 0 Å². The number of fused-ring (bicyclic) bond motifs is 1. The van der Waals surface area contributed by atoms with Gasteiger partial charge in [0.15, 0.2) is 6.29 Å². The fourth-order valence-corrected chi connectivity index (χ4v) is 1.77. The molecular formula is C10H10O3. The van der Waals surface area contributed by atoms with Gasteiger partial charge in [-0.05, 0) is 36.1 Å². The lowest BCUT2D eigenvalue weighted by Gasteiger charge is -2.15. The van der Waals surface area contributed by atoms with Gasteiger partial charge in [-0.2, -0.15) is 0 Å². The van der Waals surface area contributed by atoms with Gasteiger partial charge >= 0.3 is 0 Å². The maximum atomic E-state index is 10.7. The lowest BCUT2D eigenvalue weighted by atomic mass is 9.98. The Morgan fingerprint density at radius 1 is 1.46 bits per heavy atom. The zero-order valence-corrected chi connectivity index (χ0v) is 7.03. The summed E-state index contributed by atoms with van der Waals surface area (Å²) in [5.41, 5.74) is 0.101. The maximum absolute atomic E-state index is 10.7. The van der Waals surface area contributed by atoms with E-state index >= 15 is 0 Å². The van der Waals surface area contributed by atoms with Crippen molar-refractivity contribution in [3.05, 3.63) is 29.3 Å². The molecule has 0 aliphatic heterocycles. The lowest BCUT2D eigenvalue weighted by molar-refractivity contribution is -0.124. The highest BCUT2D eigenvalue weighted by atomic mass is 16.3. The predicted molar refractivity (Wildman–Crippen MR) is 46.4 cm³/mol. The van der Waals surface area contributed by atoms with E-state index in [1.54, 1.807) is 12.1 Å². The molecule has 0 bridgehead atoms. The SMILES string of the molecule is O=CC1(O)CCc2ccc(O)cc21. The van der Waals surface area contributed by atoms with Crippen LogP contribution in [0.4, 0.5) is 0 Å². The number of phenols is 1. The van der Waals surface area contributed by atoms with Crippen LogP contribution in [-0.4, -0.2) is 16.5 Å². The highest BCUT2D eigenvalue weighted by Gasteiger charge is 2.36. The third-order valence-corrected chi connectivity index (χ3v) is 2.53. The van der Waals surface area contributed by atoms with Gasteiger partial charge < -0.3 is 10.2 Å². The van der Waals surface area contributed by atoms with Crippen molar-refractivity contribution in [1.82, 2.24) is 0 Å². The molecule has 1 unspecified atom stereocenters. The van der Waals surface area contributed by atoms with Crippen LogP contribution in [0.1, 0.15) is 17.5 Å². The van der Waals surface area contributed by atoms with Crippen molar-refractivity contribution in [3.8, 4) is 5.75 Å². The Kier molecular flexibility index (Phi) is 1.63. The van der Waals surface area contributed by atoms with E-state index in [-0.39, 0.29) is 5.75 Å². The quantitative estimate of drug-likeness (QED) is 0.623. The number of aldehydes is 1. The van der Waals surface area contributed by atoms with Gasteiger partial charge in [-0.15, -0.1) is 0 Å². The average Bonchev–Trinajstić information content (AvgIpc) is 2.45. The van der Waals surface area contributed by atoms with E-state index in [0.717, 1.165) is 5.56 Å². The summed E-state index contributed by atoms with van der Waals surface area (Å²) in [4.78, 5) is 10.7. The third kappa shape index (κ3) is 1.12. The van der Waals surface area contributed by atoms with Gasteiger partial charge in [-0.1, -0.05) is 6.07 Å². The smallest absolute Gasteiger partial charge is 0.156 e. The van der Waals surface area contributed by atoms with Crippen LogP contribution in [0.2, 0.25) is 0 Å². The molecule has 3 heteroatoms. The molecule has 68 valence electrons. The molecule has 0 fully saturated rings. The molecule has 0 radical (unpaired) electrons. The minimum Gasteiger partial charge on any atom is -0.508 e. The van der Waals surface area contributed by atoms with E-state index < -0.39 is 5.60 Å². The first-order valence-electron chi connectivity index (χ1n) is 4.17. The van der Waals surface area contributed by atoms with Crippen molar-refractivity contribution in [2.75, 3.05) is 0 Å². The molecule has 3 nitrogen and oxygen atoms in total. The Morgan fingerprint density at radius 3 is 2.92 bits per heavy atom. The fourth-order valence-electron chi connectivity index (χ4n) is 1.77. The van der Waals surface area contributed by atoms with Crippen molar-refractivity contribution < 1.29 is 15.0 Å². The van der Waals surface area contributed by atoms with Crippen LogP contribution < -0.4 is 0 Å². The number of aromatic hydroxyl groups is 1. The van der Waals surface area contributed by atoms with Gasteiger partial charge in [0.25, 0.3) is 0 Å². The topological polar surface area (TPSA) is 57.5 Å². The van der Waals surface area contributed by atoms with Crippen molar-refractivity contribution >= 4 is 6.29 Å². The van der Waals surface area contributed by atoms with E-state index in [1.807, 2.05) is 0 Å². The van der Waals surface area contributed by atoms with Crippen molar-refractivity contribution in [2.24, 2.45) is 0 Å². The van der Waals surface area contributed by atoms with Crippen LogP contribution in [-0.2, 0) is 16.8 Å². The Balaban J connectivity index is 2.58. The number of carbonyl (C=O) groups excluding carboxylic acids is 1. The van der Waals surface area contributed by atoms with Crippen LogP contribution >= 0.6 is 0 Å². The number of hydrogen-bond acceptors (Lipinski definition) is 3. The first kappa shape index (κ1) is 8.26. The number of carbonyl (C=O) groups is 1. The average molecular weight is 178 g/mol. The fraction of sp³-hybridized carbons (Fsp3) is 0.300. The van der Waals surface area contributed by atoms with Crippen LogP contribution in [0.15, 0.2) is 18.2 Å². The highest BCUT2D eigenvalue weighted by molar-refractivity contribution is 5.69. The molecule has 0 saturated carbocycles. The third-order valence-electron chi connectivity index (χ3n) is 2.53. The van der Waals surface area contributed by atoms with Crippen LogP contribution in [0.5, 0.6) is 5.75 Å². The maximum Gasteiger partial charge on any atom is 0.156 e. The van der Waals surface area contributed by atoms with Gasteiger partial charge in [0.05, 0.1) is 0 Å². The second kappa shape index (κ2) is 2.57. The molecular weight excluding hydrogens is 168 g/mol. The second-order valence-electron chi connectivity index (χ2n) is 3.38.